The van der Waals surface area contributed by atoms with E-state index >= 15 is 0 Å². The predicted octanol–water partition coefficient (Wildman–Crippen LogP) is 9.04. The van der Waals surface area contributed by atoms with Gasteiger partial charge in [0.1, 0.15) is 11.2 Å². The summed E-state index contributed by atoms with van der Waals surface area (Å²) in [7, 11) is 0. The van der Waals surface area contributed by atoms with Crippen LogP contribution in [0.5, 0.6) is 0 Å². The molecule has 0 radical (unpaired) electrons. The Morgan fingerprint density at radius 2 is 1.37 bits per heavy atom. The van der Waals surface area contributed by atoms with Gasteiger partial charge in [0, 0.05) is 43.8 Å². The molecule has 0 unspecified atom stereocenters. The van der Waals surface area contributed by atoms with Crippen molar-refractivity contribution in [3.63, 3.8) is 0 Å². The van der Waals surface area contributed by atoms with E-state index in [-0.39, 0.29) is 5.41 Å². The molecule has 0 amide bonds. The molecule has 0 aliphatic heterocycles. The molecule has 0 spiro atoms. The number of benzene rings is 5. The summed E-state index contributed by atoms with van der Waals surface area (Å²) in [4.78, 5) is 0. The Kier molecular flexibility index (Phi) is 2.93. The first-order chi connectivity index (χ1) is 17.1. The lowest BCUT2D eigenvalue weighted by Gasteiger charge is -2.22. The molecule has 1 aliphatic carbocycles. The molecule has 0 bridgehead atoms. The molecule has 164 valence electrons. The van der Waals surface area contributed by atoms with E-state index in [2.05, 4.69) is 103 Å². The molecular weight excluding hydrogens is 426 g/mol. The van der Waals surface area contributed by atoms with Gasteiger partial charge in [-0.1, -0.05) is 74.5 Å². The smallest absolute Gasteiger partial charge is 0.137 e. The number of hydrogen-bond donors (Lipinski definition) is 0. The summed E-state index contributed by atoms with van der Waals surface area (Å²) in [5.74, 6) is 0. The zero-order chi connectivity index (χ0) is 23.1. The van der Waals surface area contributed by atoms with E-state index in [4.69, 9.17) is 4.42 Å². The van der Waals surface area contributed by atoms with E-state index in [1.165, 1.54) is 71.1 Å². The van der Waals surface area contributed by atoms with Gasteiger partial charge >= 0.3 is 0 Å². The highest BCUT2D eigenvalue weighted by atomic mass is 16.3. The van der Waals surface area contributed by atoms with Crippen LogP contribution in [-0.2, 0) is 5.41 Å². The standard InChI is InChI=1S/C33H21NO/c1-33(2)25-12-6-3-9-18(25)22-16-23-19-10-4-7-13-26(19)34-27-17-29-21(20-11-5-8-14-28(20)35-29)15-24(27)30(31(22)33)32(23)34/h3-17H,1-2H3. The van der Waals surface area contributed by atoms with Gasteiger partial charge in [-0.25, -0.2) is 0 Å². The number of para-hydroxylation sites is 2. The van der Waals surface area contributed by atoms with Crippen molar-refractivity contribution in [1.82, 2.24) is 4.40 Å². The molecule has 0 atom stereocenters. The van der Waals surface area contributed by atoms with E-state index in [0.29, 0.717) is 0 Å². The summed E-state index contributed by atoms with van der Waals surface area (Å²) in [5, 5.41) is 7.71. The molecule has 0 saturated carbocycles. The lowest BCUT2D eigenvalue weighted by Crippen LogP contribution is -2.15. The van der Waals surface area contributed by atoms with Gasteiger partial charge in [0.15, 0.2) is 0 Å². The molecule has 9 rings (SSSR count). The van der Waals surface area contributed by atoms with Crippen molar-refractivity contribution in [3.8, 4) is 11.1 Å². The fraction of sp³-hybridized carbons (Fsp3) is 0.0909. The summed E-state index contributed by atoms with van der Waals surface area (Å²) in [6.45, 7) is 4.77. The highest BCUT2D eigenvalue weighted by molar-refractivity contribution is 6.28. The van der Waals surface area contributed by atoms with Crippen LogP contribution in [0.15, 0.2) is 95.4 Å². The molecule has 35 heavy (non-hydrogen) atoms. The van der Waals surface area contributed by atoms with Gasteiger partial charge in [-0.15, -0.1) is 0 Å². The number of aromatic nitrogens is 1. The molecule has 2 nitrogen and oxygen atoms in total. The second kappa shape index (κ2) is 5.67. The topological polar surface area (TPSA) is 17.6 Å². The predicted molar refractivity (Wildman–Crippen MR) is 146 cm³/mol. The Morgan fingerprint density at radius 1 is 0.600 bits per heavy atom. The Hall–Kier alpha value is -4.30. The van der Waals surface area contributed by atoms with Crippen LogP contribution in [0.25, 0.3) is 71.2 Å². The van der Waals surface area contributed by atoms with E-state index in [1.807, 2.05) is 6.07 Å². The van der Waals surface area contributed by atoms with E-state index in [9.17, 15) is 0 Å². The number of furan rings is 1. The first-order valence-electron chi connectivity index (χ1n) is 12.3. The lowest BCUT2D eigenvalue weighted by molar-refractivity contribution is 0.667. The van der Waals surface area contributed by atoms with Gasteiger partial charge in [0.2, 0.25) is 0 Å². The maximum Gasteiger partial charge on any atom is 0.137 e. The fourth-order valence-electron chi connectivity index (χ4n) is 7.04. The molecule has 8 aromatic rings. The average Bonchev–Trinajstić information content (AvgIpc) is 3.57. The van der Waals surface area contributed by atoms with Gasteiger partial charge in [-0.05, 0) is 46.5 Å². The average molecular weight is 448 g/mol. The summed E-state index contributed by atoms with van der Waals surface area (Å²) < 4.78 is 8.81. The summed E-state index contributed by atoms with van der Waals surface area (Å²) in [5.41, 5.74) is 11.2. The minimum Gasteiger partial charge on any atom is -0.456 e. The third-order valence-corrected chi connectivity index (χ3v) is 8.48. The third kappa shape index (κ3) is 1.93. The van der Waals surface area contributed by atoms with Crippen LogP contribution in [0.1, 0.15) is 25.0 Å². The first-order valence-corrected chi connectivity index (χ1v) is 12.3. The molecule has 0 saturated heterocycles. The summed E-state index contributed by atoms with van der Waals surface area (Å²) in [6.07, 6.45) is 0. The Labute approximate surface area is 201 Å². The van der Waals surface area contributed by atoms with Crippen LogP contribution >= 0.6 is 0 Å². The van der Waals surface area contributed by atoms with Gasteiger partial charge in [-0.2, -0.15) is 0 Å². The maximum atomic E-state index is 6.33. The molecule has 5 aromatic carbocycles. The number of hydrogen-bond acceptors (Lipinski definition) is 1. The minimum atomic E-state index is -0.0776. The van der Waals surface area contributed by atoms with Crippen molar-refractivity contribution in [2.75, 3.05) is 0 Å². The normalized spacial score (nSPS) is 14.8. The third-order valence-electron chi connectivity index (χ3n) is 8.48. The van der Waals surface area contributed by atoms with Crippen LogP contribution in [0.4, 0.5) is 0 Å². The second-order valence-electron chi connectivity index (χ2n) is 10.6. The largest absolute Gasteiger partial charge is 0.456 e. The fourth-order valence-corrected chi connectivity index (χ4v) is 7.04. The van der Waals surface area contributed by atoms with Crippen molar-refractivity contribution in [1.29, 1.82) is 0 Å². The van der Waals surface area contributed by atoms with Crippen molar-refractivity contribution in [2.24, 2.45) is 0 Å². The lowest BCUT2D eigenvalue weighted by atomic mass is 9.80. The summed E-state index contributed by atoms with van der Waals surface area (Å²) >= 11 is 0. The van der Waals surface area contributed by atoms with E-state index in [0.717, 1.165) is 11.2 Å². The monoisotopic (exact) mass is 447 g/mol. The molecule has 1 aliphatic rings. The second-order valence-corrected chi connectivity index (χ2v) is 10.6. The van der Waals surface area contributed by atoms with Crippen molar-refractivity contribution in [2.45, 2.75) is 19.3 Å². The molecule has 0 fully saturated rings. The zero-order valence-electron chi connectivity index (χ0n) is 19.5. The number of fused-ring (bicyclic) bond motifs is 13. The zero-order valence-corrected chi connectivity index (χ0v) is 19.5. The molecule has 3 aromatic heterocycles. The van der Waals surface area contributed by atoms with Crippen LogP contribution in [0, 0.1) is 0 Å². The molecule has 3 heterocycles. The Morgan fingerprint density at radius 3 is 2.29 bits per heavy atom. The Bertz CT molecular complexity index is 2190. The van der Waals surface area contributed by atoms with Gasteiger partial charge < -0.3 is 8.82 Å². The SMILES string of the molecule is CC1(C)c2ccccc2-c2cc3c4ccccc4n4c5cc6oc7ccccc7c6cc5c(c21)c34. The molecule has 0 N–H and O–H groups in total. The highest BCUT2D eigenvalue weighted by Crippen LogP contribution is 2.55. The first kappa shape index (κ1) is 18.1. The van der Waals surface area contributed by atoms with Crippen molar-refractivity contribution >= 4 is 60.0 Å². The van der Waals surface area contributed by atoms with Crippen LogP contribution in [0.2, 0.25) is 0 Å². The summed E-state index contributed by atoms with van der Waals surface area (Å²) in [6, 6.07) is 33.2. The highest BCUT2D eigenvalue weighted by Gasteiger charge is 2.39. The maximum absolute atomic E-state index is 6.33. The number of rotatable bonds is 0. The van der Waals surface area contributed by atoms with Gasteiger partial charge in [0.25, 0.3) is 0 Å². The molecule has 2 heteroatoms. The quantitative estimate of drug-likeness (QED) is 0.227. The van der Waals surface area contributed by atoms with E-state index < -0.39 is 0 Å². The number of nitrogens with zero attached hydrogens (tertiary/aromatic N) is 1. The van der Waals surface area contributed by atoms with Crippen LogP contribution in [0.3, 0.4) is 0 Å². The van der Waals surface area contributed by atoms with Crippen LogP contribution in [-0.4, -0.2) is 4.40 Å². The van der Waals surface area contributed by atoms with Gasteiger partial charge in [0.05, 0.1) is 16.6 Å². The van der Waals surface area contributed by atoms with Crippen molar-refractivity contribution < 1.29 is 4.42 Å². The minimum absolute atomic E-state index is 0.0776. The Balaban J connectivity index is 1.62. The van der Waals surface area contributed by atoms with Crippen LogP contribution < -0.4 is 0 Å². The van der Waals surface area contributed by atoms with Gasteiger partial charge in [-0.3, -0.25) is 0 Å². The van der Waals surface area contributed by atoms with Crippen molar-refractivity contribution in [3.05, 3.63) is 102 Å². The molecular formula is C33H21NO. The van der Waals surface area contributed by atoms with E-state index in [1.54, 1.807) is 0 Å².